The van der Waals surface area contributed by atoms with E-state index in [4.69, 9.17) is 8.60 Å². The second kappa shape index (κ2) is 12.3. The van der Waals surface area contributed by atoms with E-state index in [2.05, 4.69) is 4.98 Å². The van der Waals surface area contributed by atoms with Gasteiger partial charge in [0.25, 0.3) is 11.4 Å². The Labute approximate surface area is 259 Å². The standard InChI is InChI=1S/C27H18N4O13S2/c32-23(33)12-29(13-24(34)35)11-17-20(44-46(41,42)22-8-6-15(30(37)38)10-19(22)31(39)40)7-5-14-9-16(27(36)43-25(14)17)26-28-18-3-1-2-4-21(18)45-26/h1-10H,11-13H2,(H,32,33)(H,34,35). The lowest BCUT2D eigenvalue weighted by molar-refractivity contribution is -0.396. The molecule has 3 aromatic carbocycles. The molecule has 0 aliphatic heterocycles. The molecule has 2 N–H and O–H groups in total. The monoisotopic (exact) mass is 670 g/mol. The molecule has 17 nitrogen and oxygen atoms in total. The number of nitro benzene ring substituents is 2. The molecule has 0 saturated heterocycles. The van der Waals surface area contributed by atoms with Gasteiger partial charge in [0.1, 0.15) is 10.6 Å². The predicted octanol–water partition coefficient (Wildman–Crippen LogP) is 3.63. The average Bonchev–Trinajstić information content (AvgIpc) is 3.41. The first kappa shape index (κ1) is 31.6. The number of non-ortho nitro benzene ring substituents is 1. The van der Waals surface area contributed by atoms with Crippen molar-refractivity contribution in [1.82, 2.24) is 9.88 Å². The Morgan fingerprint density at radius 3 is 2.30 bits per heavy atom. The quantitative estimate of drug-likeness (QED) is 0.0832. The van der Waals surface area contributed by atoms with Gasteiger partial charge in [0.05, 0.1) is 50.3 Å². The van der Waals surface area contributed by atoms with E-state index in [1.807, 2.05) is 0 Å². The zero-order valence-corrected chi connectivity index (χ0v) is 24.5. The summed E-state index contributed by atoms with van der Waals surface area (Å²) in [5.41, 5.74) is -2.74. The molecular formula is C27H18N4O13S2. The van der Waals surface area contributed by atoms with Crippen LogP contribution in [0.1, 0.15) is 5.56 Å². The predicted molar refractivity (Wildman–Crippen MR) is 159 cm³/mol. The van der Waals surface area contributed by atoms with Gasteiger partial charge in [-0.2, -0.15) is 8.42 Å². The third-order valence-electron chi connectivity index (χ3n) is 6.41. The van der Waals surface area contributed by atoms with Crippen LogP contribution >= 0.6 is 11.3 Å². The van der Waals surface area contributed by atoms with Crippen molar-refractivity contribution in [2.45, 2.75) is 11.4 Å². The van der Waals surface area contributed by atoms with Crippen molar-refractivity contribution in [3.05, 3.63) is 96.9 Å². The molecule has 0 bridgehead atoms. The van der Waals surface area contributed by atoms with Crippen LogP contribution in [0.3, 0.4) is 0 Å². The highest BCUT2D eigenvalue weighted by atomic mass is 32.2. The number of para-hydroxylation sites is 1. The third-order valence-corrected chi connectivity index (χ3v) is 8.76. The Balaban J connectivity index is 1.67. The summed E-state index contributed by atoms with van der Waals surface area (Å²) in [6.45, 7) is -2.31. The molecule has 5 aromatic rings. The number of hydrogen-bond donors (Lipinski definition) is 2. The number of rotatable bonds is 12. The molecule has 0 fully saturated rings. The lowest BCUT2D eigenvalue weighted by Crippen LogP contribution is -2.34. The van der Waals surface area contributed by atoms with Gasteiger partial charge in [0.2, 0.25) is 0 Å². The van der Waals surface area contributed by atoms with Crippen molar-refractivity contribution in [2.24, 2.45) is 0 Å². The van der Waals surface area contributed by atoms with Gasteiger partial charge in [-0.25, -0.2) is 9.78 Å². The van der Waals surface area contributed by atoms with Crippen LogP contribution in [0.5, 0.6) is 5.75 Å². The normalized spacial score (nSPS) is 11.6. The van der Waals surface area contributed by atoms with Crippen LogP contribution in [-0.2, 0) is 26.3 Å². The first-order chi connectivity index (χ1) is 21.7. The zero-order chi connectivity index (χ0) is 33.3. The summed E-state index contributed by atoms with van der Waals surface area (Å²) in [5.74, 6) is -3.45. The van der Waals surface area contributed by atoms with Crippen LogP contribution < -0.4 is 9.81 Å². The van der Waals surface area contributed by atoms with E-state index < -0.39 is 79.2 Å². The number of fused-ring (bicyclic) bond motifs is 2. The lowest BCUT2D eigenvalue weighted by atomic mass is 10.1. The molecule has 5 rings (SSSR count). The van der Waals surface area contributed by atoms with Crippen molar-refractivity contribution in [2.75, 3.05) is 13.1 Å². The van der Waals surface area contributed by atoms with E-state index in [-0.39, 0.29) is 22.1 Å². The largest absolute Gasteiger partial charge is 0.480 e. The maximum absolute atomic E-state index is 13.3. The highest BCUT2D eigenvalue weighted by molar-refractivity contribution is 7.87. The zero-order valence-electron chi connectivity index (χ0n) is 22.9. The first-order valence-corrected chi connectivity index (χ1v) is 14.9. The molecule has 236 valence electrons. The maximum Gasteiger partial charge on any atom is 0.346 e. The molecule has 2 heterocycles. The van der Waals surface area contributed by atoms with Crippen molar-refractivity contribution < 1.29 is 46.7 Å². The summed E-state index contributed by atoms with van der Waals surface area (Å²) in [7, 11) is -5.12. The van der Waals surface area contributed by atoms with Crippen LogP contribution in [0, 0.1) is 20.2 Å². The molecule has 46 heavy (non-hydrogen) atoms. The van der Waals surface area contributed by atoms with Gasteiger partial charge in [0, 0.05) is 18.0 Å². The topological polar surface area (TPSA) is 251 Å². The number of nitrogens with zero attached hydrogens (tertiary/aromatic N) is 4. The molecule has 0 aliphatic carbocycles. The third kappa shape index (κ3) is 6.50. The smallest absolute Gasteiger partial charge is 0.346 e. The molecular weight excluding hydrogens is 652 g/mol. The van der Waals surface area contributed by atoms with E-state index in [0.717, 1.165) is 15.7 Å². The van der Waals surface area contributed by atoms with Crippen molar-refractivity contribution in [1.29, 1.82) is 0 Å². The molecule has 0 saturated carbocycles. The molecule has 19 heteroatoms. The maximum atomic E-state index is 13.3. The van der Waals surface area contributed by atoms with Crippen LogP contribution in [0.4, 0.5) is 11.4 Å². The Hall–Kier alpha value is -5.79. The summed E-state index contributed by atoms with van der Waals surface area (Å²) in [5, 5.41) is 41.9. The number of nitro groups is 2. The summed E-state index contributed by atoms with van der Waals surface area (Å²) >= 11 is 1.21. The van der Waals surface area contributed by atoms with Gasteiger partial charge in [-0.3, -0.25) is 34.7 Å². The molecule has 0 radical (unpaired) electrons. The average molecular weight is 671 g/mol. The first-order valence-electron chi connectivity index (χ1n) is 12.7. The Morgan fingerprint density at radius 1 is 0.978 bits per heavy atom. The summed E-state index contributed by atoms with van der Waals surface area (Å²) in [6.07, 6.45) is 0. The second-order valence-corrected chi connectivity index (χ2v) is 12.1. The number of benzene rings is 3. The number of carboxylic acids is 2. The van der Waals surface area contributed by atoms with Gasteiger partial charge < -0.3 is 18.8 Å². The molecule has 2 aromatic heterocycles. The van der Waals surface area contributed by atoms with Gasteiger partial charge in [-0.1, -0.05) is 12.1 Å². The number of aromatic nitrogens is 1. The Bertz CT molecular complexity index is 2200. The van der Waals surface area contributed by atoms with Gasteiger partial charge >= 0.3 is 27.7 Å². The minimum Gasteiger partial charge on any atom is -0.480 e. The summed E-state index contributed by atoms with van der Waals surface area (Å²) in [4.78, 5) is 61.1. The van der Waals surface area contributed by atoms with E-state index in [1.54, 1.807) is 24.3 Å². The Morgan fingerprint density at radius 2 is 1.67 bits per heavy atom. The van der Waals surface area contributed by atoms with E-state index in [1.165, 1.54) is 23.5 Å². The number of carboxylic acid groups (broad SMARTS) is 2. The molecule has 0 spiro atoms. The van der Waals surface area contributed by atoms with E-state index in [9.17, 15) is 53.2 Å². The van der Waals surface area contributed by atoms with Crippen LogP contribution in [-0.4, -0.2) is 63.4 Å². The highest BCUT2D eigenvalue weighted by Crippen LogP contribution is 2.36. The SMILES string of the molecule is O=C(O)CN(CC(=O)O)Cc1c(OS(=O)(=O)c2ccc([N+](=O)[O-])cc2[N+](=O)[O-])ccc2cc(-c3nc4ccccc4s3)c(=O)oc12. The van der Waals surface area contributed by atoms with Crippen molar-refractivity contribution in [3.8, 4) is 16.3 Å². The minimum absolute atomic E-state index is 0.0513. The fourth-order valence-electron chi connectivity index (χ4n) is 4.50. The number of hydrogen-bond acceptors (Lipinski definition) is 14. The van der Waals surface area contributed by atoms with Crippen LogP contribution in [0.2, 0.25) is 0 Å². The van der Waals surface area contributed by atoms with Gasteiger partial charge in [-0.15, -0.1) is 11.3 Å². The summed E-state index contributed by atoms with van der Waals surface area (Å²) in [6, 6.07) is 12.7. The number of carbonyl (C=O) groups is 2. The van der Waals surface area contributed by atoms with E-state index in [0.29, 0.717) is 28.7 Å². The molecule has 0 aliphatic rings. The lowest BCUT2D eigenvalue weighted by Gasteiger charge is -2.20. The van der Waals surface area contributed by atoms with Gasteiger partial charge in [0.15, 0.2) is 10.6 Å². The number of thiazole rings is 1. The molecule has 0 amide bonds. The molecule has 0 atom stereocenters. The fraction of sp³-hybridized carbons (Fsp3) is 0.111. The fourth-order valence-corrected chi connectivity index (χ4v) is 6.57. The van der Waals surface area contributed by atoms with Crippen molar-refractivity contribution in [3.63, 3.8) is 0 Å². The second-order valence-electron chi connectivity index (χ2n) is 9.53. The van der Waals surface area contributed by atoms with Crippen LogP contribution in [0.25, 0.3) is 31.8 Å². The summed E-state index contributed by atoms with van der Waals surface area (Å²) < 4.78 is 38.3. The number of aliphatic carboxylic acids is 2. The van der Waals surface area contributed by atoms with Crippen molar-refractivity contribution >= 4 is 66.0 Å². The Kier molecular flexibility index (Phi) is 8.46. The van der Waals surface area contributed by atoms with Crippen LogP contribution in [0.15, 0.2) is 74.8 Å². The highest BCUT2D eigenvalue weighted by Gasteiger charge is 2.32. The van der Waals surface area contributed by atoms with Gasteiger partial charge in [-0.05, 0) is 36.4 Å². The molecule has 0 unspecified atom stereocenters. The minimum atomic E-state index is -5.12. The van der Waals surface area contributed by atoms with E-state index >= 15 is 0 Å².